The minimum absolute atomic E-state index is 0.0493. The van der Waals surface area contributed by atoms with Crippen LogP contribution in [0.2, 0.25) is 0 Å². The number of carboxylic acid groups (broad SMARTS) is 1. The minimum atomic E-state index is -4.50. The first kappa shape index (κ1) is 17.5. The maximum absolute atomic E-state index is 12.2. The van der Waals surface area contributed by atoms with Crippen molar-refractivity contribution in [2.75, 3.05) is 0 Å². The van der Waals surface area contributed by atoms with Gasteiger partial charge in [0.15, 0.2) is 0 Å². The van der Waals surface area contributed by atoms with Gasteiger partial charge < -0.3 is 10.1 Å². The average molecular weight is 328 g/mol. The predicted octanol–water partition coefficient (Wildman–Crippen LogP) is 1.95. The van der Waals surface area contributed by atoms with Gasteiger partial charge in [-0.15, -0.1) is 0 Å². The molecule has 21 heavy (non-hydrogen) atoms. The molecule has 1 atom stereocenters. The third-order valence-electron chi connectivity index (χ3n) is 2.75. The molecule has 6 nitrogen and oxygen atoms in total. The SMILES string of the molecule is Cc1[nH]c(C(=O)O)c(C)c1S(=O)(=O)NC(C)CC(F)(F)F. The lowest BCUT2D eigenvalue weighted by Crippen LogP contribution is -2.36. The summed E-state index contributed by atoms with van der Waals surface area (Å²) in [6.07, 6.45) is -5.82. The summed E-state index contributed by atoms with van der Waals surface area (Å²) in [5.41, 5.74) is -0.306. The Morgan fingerprint density at radius 3 is 2.29 bits per heavy atom. The van der Waals surface area contributed by atoms with Gasteiger partial charge in [-0.1, -0.05) is 0 Å². The molecule has 1 unspecified atom stereocenters. The van der Waals surface area contributed by atoms with Crippen LogP contribution in [0.3, 0.4) is 0 Å². The van der Waals surface area contributed by atoms with Crippen molar-refractivity contribution in [3.05, 3.63) is 17.0 Å². The molecule has 0 radical (unpaired) electrons. The summed E-state index contributed by atoms with van der Waals surface area (Å²) >= 11 is 0. The maximum Gasteiger partial charge on any atom is 0.390 e. The molecule has 0 saturated carbocycles. The Bertz CT molecular complexity index is 649. The fourth-order valence-electron chi connectivity index (χ4n) is 2.06. The number of aromatic amines is 1. The van der Waals surface area contributed by atoms with E-state index in [1.54, 1.807) is 0 Å². The van der Waals surface area contributed by atoms with Crippen molar-refractivity contribution in [2.24, 2.45) is 0 Å². The van der Waals surface area contributed by atoms with Crippen LogP contribution in [-0.4, -0.2) is 36.7 Å². The van der Waals surface area contributed by atoms with Crippen molar-refractivity contribution in [3.8, 4) is 0 Å². The molecule has 0 saturated heterocycles. The fourth-order valence-corrected chi connectivity index (χ4v) is 3.75. The first-order valence-corrected chi connectivity index (χ1v) is 7.35. The molecule has 1 aromatic heterocycles. The Balaban J connectivity index is 3.12. The van der Waals surface area contributed by atoms with Gasteiger partial charge in [0.2, 0.25) is 10.0 Å². The van der Waals surface area contributed by atoms with Crippen LogP contribution in [0, 0.1) is 13.8 Å². The van der Waals surface area contributed by atoms with E-state index in [1.807, 2.05) is 4.72 Å². The number of carboxylic acids is 1. The third-order valence-corrected chi connectivity index (χ3v) is 4.61. The molecule has 3 N–H and O–H groups in total. The van der Waals surface area contributed by atoms with E-state index in [2.05, 4.69) is 4.98 Å². The normalized spacial score (nSPS) is 14.2. The summed E-state index contributed by atoms with van der Waals surface area (Å²) < 4.78 is 62.8. The number of sulfonamides is 1. The zero-order valence-corrected chi connectivity index (χ0v) is 12.3. The minimum Gasteiger partial charge on any atom is -0.477 e. The summed E-state index contributed by atoms with van der Waals surface area (Å²) in [5, 5.41) is 8.91. The molecule has 0 aliphatic carbocycles. The second-order valence-corrected chi connectivity index (χ2v) is 6.38. The van der Waals surface area contributed by atoms with E-state index in [4.69, 9.17) is 5.11 Å². The number of aromatic nitrogens is 1. The van der Waals surface area contributed by atoms with Crippen LogP contribution >= 0.6 is 0 Å². The molecule has 0 fully saturated rings. The van der Waals surface area contributed by atoms with Gasteiger partial charge in [-0.3, -0.25) is 0 Å². The number of nitrogens with one attached hydrogen (secondary N) is 2. The van der Waals surface area contributed by atoms with Gasteiger partial charge in [0.1, 0.15) is 10.6 Å². The molecular weight excluding hydrogens is 313 g/mol. The van der Waals surface area contributed by atoms with E-state index < -0.39 is 34.6 Å². The van der Waals surface area contributed by atoms with Crippen LogP contribution in [0.5, 0.6) is 0 Å². The van der Waals surface area contributed by atoms with Gasteiger partial charge in [0.05, 0.1) is 6.42 Å². The molecule has 1 rings (SSSR count). The van der Waals surface area contributed by atoms with Crippen molar-refractivity contribution in [1.29, 1.82) is 0 Å². The fraction of sp³-hybridized carbons (Fsp3) is 0.545. The summed E-state index contributed by atoms with van der Waals surface area (Å²) in [6.45, 7) is 3.69. The van der Waals surface area contributed by atoms with E-state index in [0.717, 1.165) is 6.92 Å². The zero-order chi connectivity index (χ0) is 16.6. The third kappa shape index (κ3) is 4.21. The molecule has 0 amide bonds. The monoisotopic (exact) mass is 328 g/mol. The highest BCUT2D eigenvalue weighted by Gasteiger charge is 2.33. The van der Waals surface area contributed by atoms with Crippen LogP contribution in [0.15, 0.2) is 4.90 Å². The van der Waals surface area contributed by atoms with Gasteiger partial charge in [-0.25, -0.2) is 17.9 Å². The number of rotatable bonds is 5. The standard InChI is InChI=1S/C11H15F3N2O4S/c1-5(4-11(12,13)14)16-21(19,20)9-6(2)8(10(17)18)15-7(9)3/h5,15-16H,4H2,1-3H3,(H,17,18). The second-order valence-electron chi connectivity index (χ2n) is 4.73. The molecule has 0 aliphatic rings. The van der Waals surface area contributed by atoms with Gasteiger partial charge in [-0.2, -0.15) is 13.2 Å². The summed E-state index contributed by atoms with van der Waals surface area (Å²) in [7, 11) is -4.25. The number of alkyl halides is 3. The smallest absolute Gasteiger partial charge is 0.390 e. The van der Waals surface area contributed by atoms with Gasteiger partial charge in [-0.05, 0) is 20.8 Å². The highest BCUT2D eigenvalue weighted by molar-refractivity contribution is 7.89. The van der Waals surface area contributed by atoms with E-state index >= 15 is 0 Å². The Hall–Kier alpha value is -1.55. The molecule has 1 heterocycles. The first-order valence-electron chi connectivity index (χ1n) is 5.86. The Labute approximate surface area is 119 Å². The molecule has 0 bridgehead atoms. The number of halogens is 3. The molecule has 120 valence electrons. The van der Waals surface area contributed by atoms with Crippen LogP contribution in [0.4, 0.5) is 13.2 Å². The average Bonchev–Trinajstić information content (AvgIpc) is 2.50. The van der Waals surface area contributed by atoms with Gasteiger partial charge in [0, 0.05) is 17.3 Å². The van der Waals surface area contributed by atoms with Crippen molar-refractivity contribution < 1.29 is 31.5 Å². The van der Waals surface area contributed by atoms with Crippen LogP contribution in [0.1, 0.15) is 35.1 Å². The summed E-state index contributed by atoms with van der Waals surface area (Å²) in [4.78, 5) is 13.0. The molecule has 1 aromatic rings. The molecular formula is C11H15F3N2O4S. The summed E-state index contributed by atoms with van der Waals surface area (Å²) in [5.74, 6) is -1.35. The Kier molecular flexibility index (Phi) is 4.73. The number of hydrogen-bond acceptors (Lipinski definition) is 3. The lowest BCUT2D eigenvalue weighted by molar-refractivity contribution is -0.137. The van der Waals surface area contributed by atoms with Crippen LogP contribution in [0.25, 0.3) is 0 Å². The lowest BCUT2D eigenvalue weighted by atomic mass is 10.2. The highest BCUT2D eigenvalue weighted by Crippen LogP contribution is 2.25. The van der Waals surface area contributed by atoms with E-state index in [-0.39, 0.29) is 21.8 Å². The van der Waals surface area contributed by atoms with E-state index in [1.165, 1.54) is 13.8 Å². The van der Waals surface area contributed by atoms with Gasteiger partial charge >= 0.3 is 12.1 Å². The van der Waals surface area contributed by atoms with Crippen LogP contribution < -0.4 is 4.72 Å². The Morgan fingerprint density at radius 1 is 1.38 bits per heavy atom. The number of aromatic carboxylic acids is 1. The zero-order valence-electron chi connectivity index (χ0n) is 11.5. The highest BCUT2D eigenvalue weighted by atomic mass is 32.2. The number of hydrogen-bond donors (Lipinski definition) is 3. The lowest BCUT2D eigenvalue weighted by Gasteiger charge is -2.16. The van der Waals surface area contributed by atoms with Gasteiger partial charge in [0.25, 0.3) is 0 Å². The number of aryl methyl sites for hydroxylation is 1. The molecule has 0 aromatic carbocycles. The van der Waals surface area contributed by atoms with Crippen molar-refractivity contribution in [2.45, 2.75) is 44.3 Å². The predicted molar refractivity (Wildman–Crippen MR) is 67.7 cm³/mol. The molecule has 0 spiro atoms. The maximum atomic E-state index is 12.2. The molecule has 0 aliphatic heterocycles. The van der Waals surface area contributed by atoms with Crippen molar-refractivity contribution in [3.63, 3.8) is 0 Å². The quantitative estimate of drug-likeness (QED) is 0.769. The van der Waals surface area contributed by atoms with Crippen molar-refractivity contribution >= 4 is 16.0 Å². The Morgan fingerprint density at radius 2 is 1.90 bits per heavy atom. The largest absolute Gasteiger partial charge is 0.477 e. The van der Waals surface area contributed by atoms with Crippen molar-refractivity contribution in [1.82, 2.24) is 9.71 Å². The first-order chi connectivity index (χ1) is 9.35. The summed E-state index contributed by atoms with van der Waals surface area (Å²) in [6, 6.07) is -1.36. The second kappa shape index (κ2) is 5.68. The van der Waals surface area contributed by atoms with E-state index in [0.29, 0.717) is 0 Å². The van der Waals surface area contributed by atoms with E-state index in [9.17, 15) is 26.4 Å². The molecule has 10 heteroatoms. The number of carbonyl (C=O) groups is 1. The number of H-pyrrole nitrogens is 1. The van der Waals surface area contributed by atoms with Crippen LogP contribution in [-0.2, 0) is 10.0 Å². The topological polar surface area (TPSA) is 99.3 Å².